The van der Waals surface area contributed by atoms with Crippen LogP contribution in [0.5, 0.6) is 0 Å². The Morgan fingerprint density at radius 1 is 1.35 bits per heavy atom. The molecule has 2 aromatic rings. The van der Waals surface area contributed by atoms with Crippen LogP contribution in [0.15, 0.2) is 36.8 Å². The van der Waals surface area contributed by atoms with Crippen molar-refractivity contribution in [3.8, 4) is 0 Å². The van der Waals surface area contributed by atoms with E-state index in [9.17, 15) is 10.1 Å². The van der Waals surface area contributed by atoms with Gasteiger partial charge in [0.05, 0.1) is 28.7 Å². The van der Waals surface area contributed by atoms with Crippen LogP contribution in [0.1, 0.15) is 25.1 Å². The van der Waals surface area contributed by atoms with Crippen LogP contribution >= 0.6 is 0 Å². The number of aromatic nitrogens is 2. The van der Waals surface area contributed by atoms with Gasteiger partial charge in [-0.15, -0.1) is 0 Å². The molecule has 1 N–H and O–H groups in total. The number of rotatable bonds is 5. The van der Waals surface area contributed by atoms with Crippen molar-refractivity contribution < 1.29 is 4.92 Å². The Kier molecular flexibility index (Phi) is 3.85. The van der Waals surface area contributed by atoms with E-state index in [1.165, 1.54) is 12.1 Å². The van der Waals surface area contributed by atoms with E-state index in [2.05, 4.69) is 24.1 Å². The Morgan fingerprint density at radius 3 is 2.55 bits per heavy atom. The molecule has 2 rings (SSSR count). The molecule has 1 aromatic heterocycles. The molecule has 1 aromatic carbocycles. The number of nitrogens with one attached hydrogen (secondary N) is 1. The van der Waals surface area contributed by atoms with Crippen LogP contribution in [-0.2, 0) is 12.1 Å². The van der Waals surface area contributed by atoms with Gasteiger partial charge in [0.25, 0.3) is 5.69 Å². The highest BCUT2D eigenvalue weighted by Gasteiger charge is 2.22. The van der Waals surface area contributed by atoms with Crippen molar-refractivity contribution in [2.75, 3.05) is 7.05 Å². The minimum absolute atomic E-state index is 0.107. The maximum Gasteiger partial charge on any atom is 0.269 e. The third-order valence-electron chi connectivity index (χ3n) is 3.48. The van der Waals surface area contributed by atoms with Crippen LogP contribution in [0.25, 0.3) is 0 Å². The molecule has 0 radical (unpaired) electrons. The average Bonchev–Trinajstić information content (AvgIpc) is 2.88. The summed E-state index contributed by atoms with van der Waals surface area (Å²) in [6.45, 7) is 4.80. The molecule has 0 atom stereocenters. The van der Waals surface area contributed by atoms with Crippen LogP contribution in [0.2, 0.25) is 0 Å². The highest BCUT2D eigenvalue weighted by Crippen LogP contribution is 2.20. The summed E-state index contributed by atoms with van der Waals surface area (Å²) < 4.78 is 2.04. The second-order valence-electron chi connectivity index (χ2n) is 5.21. The maximum atomic E-state index is 10.6. The second kappa shape index (κ2) is 5.42. The first-order chi connectivity index (χ1) is 9.44. The summed E-state index contributed by atoms with van der Waals surface area (Å²) in [5.41, 5.74) is 1.99. The summed E-state index contributed by atoms with van der Waals surface area (Å²) in [7, 11) is 1.91. The van der Waals surface area contributed by atoms with Crippen LogP contribution in [-0.4, -0.2) is 21.5 Å². The molecule has 0 fully saturated rings. The molecule has 6 nitrogen and oxygen atoms in total. The minimum atomic E-state index is -0.392. The van der Waals surface area contributed by atoms with Gasteiger partial charge in [-0.3, -0.25) is 10.1 Å². The van der Waals surface area contributed by atoms with E-state index in [0.29, 0.717) is 6.54 Å². The minimum Gasteiger partial charge on any atom is -0.328 e. The van der Waals surface area contributed by atoms with Crippen LogP contribution < -0.4 is 5.32 Å². The molecule has 0 aliphatic rings. The second-order valence-corrected chi connectivity index (χ2v) is 5.21. The normalized spacial score (nSPS) is 11.6. The fourth-order valence-electron chi connectivity index (χ4n) is 2.01. The zero-order chi connectivity index (χ0) is 14.8. The number of hydrogen-bond donors (Lipinski definition) is 1. The molecule has 6 heteroatoms. The number of nitro groups is 1. The van der Waals surface area contributed by atoms with Gasteiger partial charge in [0.15, 0.2) is 0 Å². The Hall–Kier alpha value is -2.21. The molecule has 0 saturated carbocycles. The molecule has 0 saturated heterocycles. The topological polar surface area (TPSA) is 73.0 Å². The smallest absolute Gasteiger partial charge is 0.269 e. The number of hydrogen-bond acceptors (Lipinski definition) is 4. The Morgan fingerprint density at radius 2 is 2.00 bits per heavy atom. The largest absolute Gasteiger partial charge is 0.328 e. The molecule has 0 unspecified atom stereocenters. The summed E-state index contributed by atoms with van der Waals surface area (Å²) in [4.78, 5) is 14.4. The molecular weight excluding hydrogens is 256 g/mol. The van der Waals surface area contributed by atoms with Crippen molar-refractivity contribution in [3.05, 3.63) is 58.2 Å². The Labute approximate surface area is 117 Å². The van der Waals surface area contributed by atoms with Crippen molar-refractivity contribution in [2.24, 2.45) is 0 Å². The molecule has 0 bridgehead atoms. The lowest BCUT2D eigenvalue weighted by molar-refractivity contribution is -0.384. The van der Waals surface area contributed by atoms with Crippen molar-refractivity contribution in [1.29, 1.82) is 0 Å². The van der Waals surface area contributed by atoms with Crippen LogP contribution in [0.4, 0.5) is 5.69 Å². The monoisotopic (exact) mass is 274 g/mol. The van der Waals surface area contributed by atoms with Crippen molar-refractivity contribution in [3.63, 3.8) is 0 Å². The standard InChI is InChI=1S/C14H18N4O2/c1-14(2,15-3)13-8-16-10-17(13)9-11-4-6-12(7-5-11)18(19)20/h4-8,10,15H,9H2,1-3H3. The number of benzene rings is 1. The number of non-ortho nitro benzene ring substituents is 1. The van der Waals surface area contributed by atoms with Gasteiger partial charge in [-0.05, 0) is 26.5 Å². The lowest BCUT2D eigenvalue weighted by Crippen LogP contribution is -2.35. The SMILES string of the molecule is CNC(C)(C)c1cncn1Cc1ccc([N+](=O)[O-])cc1. The van der Waals surface area contributed by atoms with Gasteiger partial charge in [-0.2, -0.15) is 0 Å². The predicted molar refractivity (Wildman–Crippen MR) is 76.5 cm³/mol. The lowest BCUT2D eigenvalue weighted by Gasteiger charge is -2.25. The molecular formula is C14H18N4O2. The highest BCUT2D eigenvalue weighted by atomic mass is 16.6. The zero-order valence-corrected chi connectivity index (χ0v) is 11.8. The van der Waals surface area contributed by atoms with E-state index in [0.717, 1.165) is 11.3 Å². The first kappa shape index (κ1) is 14.2. The van der Waals surface area contributed by atoms with Crippen molar-refractivity contribution >= 4 is 5.69 Å². The number of nitro benzene ring substituents is 1. The van der Waals surface area contributed by atoms with E-state index in [4.69, 9.17) is 0 Å². The van der Waals surface area contributed by atoms with Crippen molar-refractivity contribution in [2.45, 2.75) is 25.9 Å². The fourth-order valence-corrected chi connectivity index (χ4v) is 2.01. The van der Waals surface area contributed by atoms with Crippen LogP contribution in [0, 0.1) is 10.1 Å². The van der Waals surface area contributed by atoms with Gasteiger partial charge >= 0.3 is 0 Å². The third-order valence-corrected chi connectivity index (χ3v) is 3.48. The zero-order valence-electron chi connectivity index (χ0n) is 11.8. The number of imidazole rings is 1. The Balaban J connectivity index is 2.23. The Bertz CT molecular complexity index is 602. The maximum absolute atomic E-state index is 10.6. The van der Waals surface area contributed by atoms with E-state index < -0.39 is 4.92 Å². The van der Waals surface area contributed by atoms with Gasteiger partial charge in [0, 0.05) is 18.7 Å². The third kappa shape index (κ3) is 2.85. The summed E-state index contributed by atoms with van der Waals surface area (Å²) in [5.74, 6) is 0. The molecule has 0 aliphatic heterocycles. The van der Waals surface area contributed by atoms with E-state index in [1.807, 2.05) is 17.8 Å². The predicted octanol–water partition coefficient (Wildman–Crippen LogP) is 2.29. The summed E-state index contributed by atoms with van der Waals surface area (Å²) in [6, 6.07) is 6.59. The molecule has 0 aliphatic carbocycles. The van der Waals surface area contributed by atoms with E-state index in [-0.39, 0.29) is 11.2 Å². The molecule has 0 amide bonds. The summed E-state index contributed by atoms with van der Waals surface area (Å²) in [6.07, 6.45) is 3.61. The first-order valence-electron chi connectivity index (χ1n) is 6.37. The molecule has 20 heavy (non-hydrogen) atoms. The quantitative estimate of drug-likeness (QED) is 0.670. The van der Waals surface area contributed by atoms with Crippen LogP contribution in [0.3, 0.4) is 0 Å². The summed E-state index contributed by atoms with van der Waals surface area (Å²) in [5, 5.41) is 13.9. The van der Waals surface area contributed by atoms with Gasteiger partial charge in [0.2, 0.25) is 0 Å². The highest BCUT2D eigenvalue weighted by molar-refractivity contribution is 5.33. The van der Waals surface area contributed by atoms with E-state index >= 15 is 0 Å². The summed E-state index contributed by atoms with van der Waals surface area (Å²) >= 11 is 0. The molecule has 1 heterocycles. The molecule has 0 spiro atoms. The first-order valence-corrected chi connectivity index (χ1v) is 6.37. The van der Waals surface area contributed by atoms with Gasteiger partial charge in [0.1, 0.15) is 0 Å². The lowest BCUT2D eigenvalue weighted by atomic mass is 10.0. The average molecular weight is 274 g/mol. The van der Waals surface area contributed by atoms with Gasteiger partial charge < -0.3 is 9.88 Å². The number of nitrogens with zero attached hydrogens (tertiary/aromatic N) is 3. The van der Waals surface area contributed by atoms with Crippen molar-refractivity contribution in [1.82, 2.24) is 14.9 Å². The van der Waals surface area contributed by atoms with Gasteiger partial charge in [-0.1, -0.05) is 12.1 Å². The fraction of sp³-hybridized carbons (Fsp3) is 0.357. The molecule has 106 valence electrons. The van der Waals surface area contributed by atoms with Gasteiger partial charge in [-0.25, -0.2) is 4.98 Å². The van der Waals surface area contributed by atoms with E-state index in [1.54, 1.807) is 18.5 Å².